The number of benzene rings is 3. The van der Waals surface area contributed by atoms with Crippen LogP contribution < -0.4 is 4.74 Å². The molecule has 146 valence electrons. The Morgan fingerprint density at radius 2 is 1.55 bits per heavy atom. The smallest absolute Gasteiger partial charge is 0.148 e. The Morgan fingerprint density at radius 3 is 2.14 bits per heavy atom. The lowest BCUT2D eigenvalue weighted by Gasteiger charge is -2.12. The molecule has 0 amide bonds. The van der Waals surface area contributed by atoms with Gasteiger partial charge in [0.05, 0.1) is 20.6 Å². The molecule has 0 saturated carbocycles. The van der Waals surface area contributed by atoms with Crippen LogP contribution in [0.5, 0.6) is 5.75 Å². The van der Waals surface area contributed by atoms with Crippen molar-refractivity contribution in [2.75, 3.05) is 0 Å². The highest BCUT2D eigenvalue weighted by Gasteiger charge is 2.11. The lowest BCUT2D eigenvalue weighted by molar-refractivity contribution is 0.302. The van der Waals surface area contributed by atoms with E-state index in [0.717, 1.165) is 25.6 Å². The van der Waals surface area contributed by atoms with E-state index >= 15 is 0 Å². The molecule has 0 saturated heterocycles. The summed E-state index contributed by atoms with van der Waals surface area (Å²) in [7, 11) is 0. The molecule has 3 aromatic rings. The van der Waals surface area contributed by atoms with Crippen LogP contribution in [-0.4, -0.2) is 0 Å². The van der Waals surface area contributed by atoms with Gasteiger partial charge >= 0.3 is 0 Å². The molecule has 0 aliphatic carbocycles. The summed E-state index contributed by atoms with van der Waals surface area (Å²) >= 11 is 25.1. The minimum atomic E-state index is 0.288. The largest absolute Gasteiger partial charge is 0.486 e. The average molecular weight is 573 g/mol. The lowest BCUT2D eigenvalue weighted by Crippen LogP contribution is -1.98. The van der Waals surface area contributed by atoms with E-state index < -0.39 is 0 Å². The third-order valence-electron chi connectivity index (χ3n) is 3.99. The number of hydrogen-bond donors (Lipinski definition) is 0. The summed E-state index contributed by atoms with van der Waals surface area (Å²) in [5, 5.41) is 11.3. The molecule has 2 nitrogen and oxygen atoms in total. The predicted octanol–water partition coefficient (Wildman–Crippen LogP) is 8.81. The Morgan fingerprint density at radius 1 is 0.931 bits per heavy atom. The second-order valence-corrected chi connectivity index (χ2v) is 9.00. The molecule has 29 heavy (non-hydrogen) atoms. The normalized spacial score (nSPS) is 11.2. The van der Waals surface area contributed by atoms with E-state index in [0.29, 0.717) is 26.4 Å². The maximum absolute atomic E-state index is 9.54. The van der Waals surface area contributed by atoms with Gasteiger partial charge in [0, 0.05) is 20.6 Å². The van der Waals surface area contributed by atoms with Crippen molar-refractivity contribution in [3.05, 3.63) is 95.3 Å². The molecule has 0 unspecified atom stereocenters. The molecule has 0 bridgehead atoms. The fourth-order valence-electron chi connectivity index (χ4n) is 2.57. The van der Waals surface area contributed by atoms with Gasteiger partial charge in [0.25, 0.3) is 0 Å². The minimum Gasteiger partial charge on any atom is -0.486 e. The van der Waals surface area contributed by atoms with Gasteiger partial charge in [-0.2, -0.15) is 5.26 Å². The summed E-state index contributed by atoms with van der Waals surface area (Å²) in [6, 6.07) is 18.4. The molecule has 0 N–H and O–H groups in total. The highest BCUT2D eigenvalue weighted by atomic mass is 79.9. The van der Waals surface area contributed by atoms with Gasteiger partial charge in [-0.05, 0) is 85.5 Å². The molecule has 0 atom stereocenters. The minimum absolute atomic E-state index is 0.288. The van der Waals surface area contributed by atoms with Crippen molar-refractivity contribution < 1.29 is 4.74 Å². The number of nitrogens with zero attached hydrogens (tertiary/aromatic N) is 1. The standard InChI is InChI=1S/C22H12Br2Cl3NO/c23-19-8-13(7-16(11-28)14-1-4-17(25)5-2-14)9-20(24)22(19)29-12-15-3-6-18(26)10-21(15)27/h1-10H,12H2/b16-7-. The molecule has 0 aliphatic rings. The highest BCUT2D eigenvalue weighted by molar-refractivity contribution is 9.11. The maximum Gasteiger partial charge on any atom is 0.148 e. The van der Waals surface area contributed by atoms with E-state index in [1.54, 1.807) is 30.3 Å². The quantitative estimate of drug-likeness (QED) is 0.226. The van der Waals surface area contributed by atoms with E-state index in [1.165, 1.54) is 0 Å². The van der Waals surface area contributed by atoms with E-state index in [1.807, 2.05) is 30.3 Å². The van der Waals surface area contributed by atoms with Crippen LogP contribution in [0.4, 0.5) is 0 Å². The Kier molecular flexibility index (Phi) is 7.67. The average Bonchev–Trinajstić information content (AvgIpc) is 2.67. The molecule has 3 rings (SSSR count). The van der Waals surface area contributed by atoms with Crippen molar-refractivity contribution in [3.63, 3.8) is 0 Å². The van der Waals surface area contributed by atoms with Crippen molar-refractivity contribution >= 4 is 78.3 Å². The third-order valence-corrected chi connectivity index (χ3v) is 6.01. The van der Waals surface area contributed by atoms with Crippen LogP contribution in [0.15, 0.2) is 63.5 Å². The van der Waals surface area contributed by atoms with Crippen molar-refractivity contribution in [2.45, 2.75) is 6.61 Å². The van der Waals surface area contributed by atoms with Crippen LogP contribution in [0.3, 0.4) is 0 Å². The predicted molar refractivity (Wildman–Crippen MR) is 128 cm³/mol. The van der Waals surface area contributed by atoms with Crippen LogP contribution in [0.25, 0.3) is 11.6 Å². The number of ether oxygens (including phenoxy) is 1. The van der Waals surface area contributed by atoms with E-state index in [4.69, 9.17) is 39.5 Å². The number of halogens is 5. The topological polar surface area (TPSA) is 33.0 Å². The summed E-state index contributed by atoms with van der Waals surface area (Å²) in [6.45, 7) is 0.288. The SMILES string of the molecule is N#C/C(=C/c1cc(Br)c(OCc2ccc(Cl)cc2Cl)c(Br)c1)c1ccc(Cl)cc1. The Bertz CT molecular complexity index is 1100. The Balaban J connectivity index is 1.85. The van der Waals surface area contributed by atoms with Gasteiger partial charge in [0.15, 0.2) is 0 Å². The van der Waals surface area contributed by atoms with Crippen LogP contribution >= 0.6 is 66.7 Å². The van der Waals surface area contributed by atoms with E-state index in [2.05, 4.69) is 37.9 Å². The maximum atomic E-state index is 9.54. The second-order valence-electron chi connectivity index (χ2n) is 6.01. The van der Waals surface area contributed by atoms with Crippen molar-refractivity contribution in [3.8, 4) is 11.8 Å². The molecular formula is C22H12Br2Cl3NO. The third kappa shape index (κ3) is 5.78. The number of nitriles is 1. The first-order valence-electron chi connectivity index (χ1n) is 8.31. The number of allylic oxidation sites excluding steroid dienone is 1. The molecule has 0 fully saturated rings. The van der Waals surface area contributed by atoms with E-state index in [-0.39, 0.29) is 6.61 Å². The van der Waals surface area contributed by atoms with Crippen LogP contribution in [0, 0.1) is 11.3 Å². The molecule has 0 spiro atoms. The van der Waals surface area contributed by atoms with E-state index in [9.17, 15) is 5.26 Å². The zero-order valence-electron chi connectivity index (χ0n) is 14.7. The zero-order chi connectivity index (χ0) is 21.0. The molecule has 0 aromatic heterocycles. The molecule has 0 radical (unpaired) electrons. The van der Waals surface area contributed by atoms with Gasteiger partial charge in [-0.25, -0.2) is 0 Å². The van der Waals surface area contributed by atoms with Crippen molar-refractivity contribution in [1.29, 1.82) is 5.26 Å². The van der Waals surface area contributed by atoms with Crippen molar-refractivity contribution in [1.82, 2.24) is 0 Å². The first-order valence-corrected chi connectivity index (χ1v) is 11.0. The van der Waals surface area contributed by atoms with Crippen molar-refractivity contribution in [2.24, 2.45) is 0 Å². The first-order chi connectivity index (χ1) is 13.9. The summed E-state index contributed by atoms with van der Waals surface area (Å²) in [4.78, 5) is 0. The molecule has 0 heterocycles. The second kappa shape index (κ2) is 10.0. The Labute approximate surface area is 200 Å². The number of rotatable bonds is 5. The van der Waals surface area contributed by atoms with Crippen LogP contribution in [-0.2, 0) is 6.61 Å². The summed E-state index contributed by atoms with van der Waals surface area (Å²) in [5.74, 6) is 0.637. The van der Waals surface area contributed by atoms with Gasteiger partial charge in [-0.1, -0.05) is 53.0 Å². The molecule has 3 aromatic carbocycles. The molecular weight excluding hydrogens is 560 g/mol. The fraction of sp³-hybridized carbons (Fsp3) is 0.0455. The Hall–Kier alpha value is -1.48. The van der Waals surface area contributed by atoms with Crippen LogP contribution in [0.2, 0.25) is 15.1 Å². The van der Waals surface area contributed by atoms with Gasteiger partial charge in [-0.3, -0.25) is 0 Å². The van der Waals surface area contributed by atoms with Gasteiger partial charge in [0.2, 0.25) is 0 Å². The first kappa shape index (κ1) is 22.2. The monoisotopic (exact) mass is 569 g/mol. The van der Waals surface area contributed by atoms with Gasteiger partial charge in [0.1, 0.15) is 12.4 Å². The van der Waals surface area contributed by atoms with Gasteiger partial charge in [-0.15, -0.1) is 0 Å². The highest BCUT2D eigenvalue weighted by Crippen LogP contribution is 2.37. The van der Waals surface area contributed by atoms with Gasteiger partial charge < -0.3 is 4.74 Å². The number of hydrogen-bond acceptors (Lipinski definition) is 2. The summed E-state index contributed by atoms with van der Waals surface area (Å²) in [6.07, 6.45) is 1.80. The van der Waals surface area contributed by atoms with Crippen LogP contribution in [0.1, 0.15) is 16.7 Å². The zero-order valence-corrected chi connectivity index (χ0v) is 20.2. The lowest BCUT2D eigenvalue weighted by atomic mass is 10.0. The summed E-state index contributed by atoms with van der Waals surface area (Å²) < 4.78 is 7.43. The fourth-order valence-corrected chi connectivity index (χ4v) is 4.61. The summed E-state index contributed by atoms with van der Waals surface area (Å²) in [5.41, 5.74) is 2.99. The molecule has 0 aliphatic heterocycles. The molecule has 7 heteroatoms.